The summed E-state index contributed by atoms with van der Waals surface area (Å²) in [7, 11) is -3.91. The van der Waals surface area contributed by atoms with Crippen LogP contribution >= 0.6 is 11.6 Å². The first-order valence-corrected chi connectivity index (χ1v) is 7.69. The van der Waals surface area contributed by atoms with Crippen molar-refractivity contribution < 1.29 is 13.3 Å². The van der Waals surface area contributed by atoms with E-state index in [-0.39, 0.29) is 16.3 Å². The number of aryl methyl sites for hydroxylation is 1. The number of hydrogen-bond acceptors (Lipinski definition) is 4. The second-order valence-electron chi connectivity index (χ2n) is 4.32. The summed E-state index contributed by atoms with van der Waals surface area (Å²) >= 11 is 5.93. The summed E-state index contributed by atoms with van der Waals surface area (Å²) in [6, 6.07) is 9.54. The Morgan fingerprint density at radius 2 is 1.90 bits per heavy atom. The smallest absolute Gasteiger partial charge is 0.270 e. The van der Waals surface area contributed by atoms with Crippen molar-refractivity contribution in [2.24, 2.45) is 0 Å². The number of non-ortho nitro benzene ring substituents is 1. The molecule has 0 radical (unpaired) electrons. The fourth-order valence-electron chi connectivity index (χ4n) is 1.63. The molecular formula is C13H11ClN2O4S. The lowest BCUT2D eigenvalue weighted by atomic mass is 10.2. The summed E-state index contributed by atoms with van der Waals surface area (Å²) in [5.41, 5.74) is 0.812. The van der Waals surface area contributed by atoms with Crippen LogP contribution in [0.1, 0.15) is 5.56 Å². The maximum Gasteiger partial charge on any atom is 0.270 e. The molecule has 2 aromatic rings. The van der Waals surface area contributed by atoms with Crippen LogP contribution in [0.4, 0.5) is 11.4 Å². The zero-order valence-corrected chi connectivity index (χ0v) is 12.5. The lowest BCUT2D eigenvalue weighted by Crippen LogP contribution is -2.13. The quantitative estimate of drug-likeness (QED) is 0.689. The Balaban J connectivity index is 2.36. The molecule has 0 amide bonds. The average Bonchev–Trinajstić information content (AvgIpc) is 2.43. The first-order valence-electron chi connectivity index (χ1n) is 5.83. The molecule has 110 valence electrons. The van der Waals surface area contributed by atoms with Crippen LogP contribution in [-0.2, 0) is 10.0 Å². The van der Waals surface area contributed by atoms with Gasteiger partial charge in [-0.15, -0.1) is 0 Å². The number of nitrogens with one attached hydrogen (secondary N) is 1. The molecule has 0 heterocycles. The van der Waals surface area contributed by atoms with Gasteiger partial charge in [0, 0.05) is 17.2 Å². The van der Waals surface area contributed by atoms with Crippen molar-refractivity contribution in [1.29, 1.82) is 0 Å². The molecule has 2 aromatic carbocycles. The van der Waals surface area contributed by atoms with Crippen LogP contribution in [0.15, 0.2) is 47.4 Å². The number of rotatable bonds is 4. The number of anilines is 1. The van der Waals surface area contributed by atoms with Gasteiger partial charge in [0.1, 0.15) is 0 Å². The van der Waals surface area contributed by atoms with Crippen LogP contribution in [0, 0.1) is 17.0 Å². The molecule has 0 aromatic heterocycles. The zero-order valence-electron chi connectivity index (χ0n) is 10.9. The largest absolute Gasteiger partial charge is 0.280 e. The summed E-state index contributed by atoms with van der Waals surface area (Å²) < 4.78 is 26.7. The van der Waals surface area contributed by atoms with Crippen molar-refractivity contribution in [3.63, 3.8) is 0 Å². The first kappa shape index (κ1) is 15.3. The van der Waals surface area contributed by atoms with Gasteiger partial charge in [-0.25, -0.2) is 8.42 Å². The van der Waals surface area contributed by atoms with Gasteiger partial charge in [0.05, 0.1) is 15.5 Å². The predicted octanol–water partition coefficient (Wildman–Crippen LogP) is 3.36. The van der Waals surface area contributed by atoms with Gasteiger partial charge in [0.2, 0.25) is 0 Å². The molecule has 2 rings (SSSR count). The minimum atomic E-state index is -3.91. The van der Waals surface area contributed by atoms with Gasteiger partial charge in [0.25, 0.3) is 15.7 Å². The minimum absolute atomic E-state index is 0.187. The highest BCUT2D eigenvalue weighted by Crippen LogP contribution is 2.24. The monoisotopic (exact) mass is 326 g/mol. The van der Waals surface area contributed by atoms with Crippen molar-refractivity contribution in [3.8, 4) is 0 Å². The average molecular weight is 327 g/mol. The van der Waals surface area contributed by atoms with E-state index in [0.717, 1.165) is 11.6 Å². The standard InChI is InChI=1S/C13H11ClN2O4S/c1-9-5-6-10(7-13(9)14)15-21(19,20)12-4-2-3-11(8-12)16(17)18/h2-8,15H,1H3. The van der Waals surface area contributed by atoms with Crippen molar-refractivity contribution in [2.45, 2.75) is 11.8 Å². The van der Waals surface area contributed by atoms with E-state index >= 15 is 0 Å². The highest BCUT2D eigenvalue weighted by molar-refractivity contribution is 7.92. The van der Waals surface area contributed by atoms with E-state index in [0.29, 0.717) is 5.02 Å². The summed E-state index contributed by atoms with van der Waals surface area (Å²) in [5.74, 6) is 0. The normalized spacial score (nSPS) is 11.1. The van der Waals surface area contributed by atoms with Gasteiger partial charge in [0.15, 0.2) is 0 Å². The highest BCUT2D eigenvalue weighted by Gasteiger charge is 2.18. The van der Waals surface area contributed by atoms with E-state index in [9.17, 15) is 18.5 Å². The first-order chi connectivity index (χ1) is 9.79. The Morgan fingerprint density at radius 1 is 1.19 bits per heavy atom. The molecule has 1 N–H and O–H groups in total. The van der Waals surface area contributed by atoms with Crippen molar-refractivity contribution in [3.05, 3.63) is 63.2 Å². The molecular weight excluding hydrogens is 316 g/mol. The van der Waals surface area contributed by atoms with Crippen LogP contribution in [0.2, 0.25) is 5.02 Å². The van der Waals surface area contributed by atoms with Gasteiger partial charge >= 0.3 is 0 Å². The summed E-state index contributed by atoms with van der Waals surface area (Å²) in [4.78, 5) is 9.86. The molecule has 0 unspecified atom stereocenters. The van der Waals surface area contributed by atoms with E-state index in [4.69, 9.17) is 11.6 Å². The Morgan fingerprint density at radius 3 is 2.52 bits per heavy atom. The number of nitro benzene ring substituents is 1. The molecule has 6 nitrogen and oxygen atoms in total. The Hall–Kier alpha value is -2.12. The highest BCUT2D eigenvalue weighted by atomic mass is 35.5. The van der Waals surface area contributed by atoms with Crippen LogP contribution in [0.5, 0.6) is 0 Å². The number of hydrogen-bond donors (Lipinski definition) is 1. The van der Waals surface area contributed by atoms with E-state index < -0.39 is 14.9 Å². The second-order valence-corrected chi connectivity index (χ2v) is 6.41. The van der Waals surface area contributed by atoms with E-state index in [2.05, 4.69) is 4.72 Å². The molecule has 0 saturated heterocycles. The van der Waals surface area contributed by atoms with Gasteiger partial charge in [-0.3, -0.25) is 14.8 Å². The molecule has 0 spiro atoms. The molecule has 0 atom stereocenters. The number of nitro groups is 1. The number of halogens is 1. The topological polar surface area (TPSA) is 89.3 Å². The molecule has 21 heavy (non-hydrogen) atoms. The number of sulfonamides is 1. The van der Waals surface area contributed by atoms with E-state index in [1.54, 1.807) is 19.1 Å². The van der Waals surface area contributed by atoms with Gasteiger partial charge < -0.3 is 0 Å². The van der Waals surface area contributed by atoms with Gasteiger partial charge in [-0.05, 0) is 30.7 Å². The Bertz CT molecular complexity index is 806. The molecule has 0 fully saturated rings. The molecule has 0 bridgehead atoms. The van der Waals surface area contributed by atoms with Crippen LogP contribution in [0.25, 0.3) is 0 Å². The van der Waals surface area contributed by atoms with Crippen molar-refractivity contribution >= 4 is 33.0 Å². The minimum Gasteiger partial charge on any atom is -0.280 e. The third-order valence-electron chi connectivity index (χ3n) is 2.76. The zero-order chi connectivity index (χ0) is 15.6. The second kappa shape index (κ2) is 5.71. The predicted molar refractivity (Wildman–Crippen MR) is 80.1 cm³/mol. The summed E-state index contributed by atoms with van der Waals surface area (Å²) in [6.45, 7) is 1.79. The number of nitrogens with zero attached hydrogens (tertiary/aromatic N) is 1. The lowest BCUT2D eigenvalue weighted by Gasteiger charge is -2.09. The molecule has 8 heteroatoms. The van der Waals surface area contributed by atoms with Crippen LogP contribution in [-0.4, -0.2) is 13.3 Å². The van der Waals surface area contributed by atoms with E-state index in [1.807, 2.05) is 0 Å². The third kappa shape index (κ3) is 3.50. The van der Waals surface area contributed by atoms with Crippen LogP contribution < -0.4 is 4.72 Å². The molecule has 0 aliphatic carbocycles. The lowest BCUT2D eigenvalue weighted by molar-refractivity contribution is -0.385. The summed E-state index contributed by atoms with van der Waals surface area (Å²) in [5, 5.41) is 11.1. The maximum atomic E-state index is 12.2. The summed E-state index contributed by atoms with van der Waals surface area (Å²) in [6.07, 6.45) is 0. The Kier molecular flexibility index (Phi) is 4.15. The van der Waals surface area contributed by atoms with Crippen molar-refractivity contribution in [1.82, 2.24) is 0 Å². The number of benzene rings is 2. The van der Waals surface area contributed by atoms with E-state index in [1.165, 1.54) is 24.3 Å². The third-order valence-corrected chi connectivity index (χ3v) is 4.55. The van der Waals surface area contributed by atoms with Gasteiger partial charge in [-0.2, -0.15) is 0 Å². The fourth-order valence-corrected chi connectivity index (χ4v) is 2.90. The fraction of sp³-hybridized carbons (Fsp3) is 0.0769. The molecule has 0 aliphatic rings. The Labute approximate surface area is 126 Å². The van der Waals surface area contributed by atoms with Gasteiger partial charge in [-0.1, -0.05) is 23.7 Å². The van der Waals surface area contributed by atoms with Crippen molar-refractivity contribution in [2.75, 3.05) is 4.72 Å². The SMILES string of the molecule is Cc1ccc(NS(=O)(=O)c2cccc([N+](=O)[O-])c2)cc1Cl. The molecule has 0 saturated carbocycles. The molecule has 0 aliphatic heterocycles. The maximum absolute atomic E-state index is 12.2. The van der Waals surface area contributed by atoms with Crippen LogP contribution in [0.3, 0.4) is 0 Å².